The first-order valence-corrected chi connectivity index (χ1v) is 8.59. The minimum Gasteiger partial charge on any atom is -0.482 e. The summed E-state index contributed by atoms with van der Waals surface area (Å²) in [5.74, 6) is -0.555. The Labute approximate surface area is 156 Å². The maximum Gasteiger partial charge on any atom is 0.338 e. The summed E-state index contributed by atoms with van der Waals surface area (Å²) in [4.78, 5) is 37.9. The highest BCUT2D eigenvalue weighted by atomic mass is 16.5. The summed E-state index contributed by atoms with van der Waals surface area (Å²) in [5, 5.41) is 2.71. The molecule has 27 heavy (non-hydrogen) atoms. The van der Waals surface area contributed by atoms with Crippen molar-refractivity contribution in [2.75, 3.05) is 30.0 Å². The molecular weight excluding hydrogens is 348 g/mol. The molecule has 0 bridgehead atoms. The number of carbonyl (C=O) groups excluding carboxylic acids is 3. The van der Waals surface area contributed by atoms with Gasteiger partial charge in [-0.1, -0.05) is 12.1 Å². The molecule has 7 heteroatoms. The van der Waals surface area contributed by atoms with Gasteiger partial charge in [-0.2, -0.15) is 0 Å². The Hall–Kier alpha value is -3.35. The summed E-state index contributed by atoms with van der Waals surface area (Å²) in [6.45, 7) is 3.64. The number of anilines is 2. The van der Waals surface area contributed by atoms with E-state index in [9.17, 15) is 14.4 Å². The Morgan fingerprint density at radius 3 is 2.81 bits per heavy atom. The predicted molar refractivity (Wildman–Crippen MR) is 100 cm³/mol. The van der Waals surface area contributed by atoms with Gasteiger partial charge >= 0.3 is 5.97 Å². The first-order chi connectivity index (χ1) is 13.0. The molecule has 0 saturated heterocycles. The lowest BCUT2D eigenvalue weighted by Gasteiger charge is -2.29. The SMILES string of the molecule is CCOC(=O)c1cccc(NC(=O)CN2C(=O)COc3ccc(C)cc32)c1. The molecule has 0 atom stereocenters. The van der Waals surface area contributed by atoms with Crippen molar-refractivity contribution in [1.82, 2.24) is 0 Å². The number of hydrogen-bond acceptors (Lipinski definition) is 5. The van der Waals surface area contributed by atoms with Gasteiger partial charge in [-0.15, -0.1) is 0 Å². The standard InChI is InChI=1S/C20H20N2O5/c1-3-26-20(25)14-5-4-6-15(10-14)21-18(23)11-22-16-9-13(2)7-8-17(16)27-12-19(22)24/h4-10H,3,11-12H2,1-2H3,(H,21,23). The molecule has 140 valence electrons. The quantitative estimate of drug-likeness (QED) is 0.820. The monoisotopic (exact) mass is 368 g/mol. The van der Waals surface area contributed by atoms with Crippen LogP contribution in [0.2, 0.25) is 0 Å². The smallest absolute Gasteiger partial charge is 0.338 e. The Kier molecular flexibility index (Phi) is 5.40. The van der Waals surface area contributed by atoms with Crippen molar-refractivity contribution in [3.63, 3.8) is 0 Å². The summed E-state index contributed by atoms with van der Waals surface area (Å²) < 4.78 is 10.4. The number of fused-ring (bicyclic) bond motifs is 1. The van der Waals surface area contributed by atoms with Crippen LogP contribution in [0.15, 0.2) is 42.5 Å². The summed E-state index contributed by atoms with van der Waals surface area (Å²) in [5.41, 5.74) is 2.33. The van der Waals surface area contributed by atoms with Crippen LogP contribution >= 0.6 is 0 Å². The fourth-order valence-electron chi connectivity index (χ4n) is 2.77. The van der Waals surface area contributed by atoms with Crippen molar-refractivity contribution in [1.29, 1.82) is 0 Å². The van der Waals surface area contributed by atoms with E-state index in [2.05, 4.69) is 5.32 Å². The molecule has 1 aliphatic rings. The minimum atomic E-state index is -0.457. The zero-order chi connectivity index (χ0) is 19.4. The van der Waals surface area contributed by atoms with E-state index in [1.54, 1.807) is 37.3 Å². The second-order valence-electron chi connectivity index (χ2n) is 6.09. The van der Waals surface area contributed by atoms with Crippen LogP contribution in [0.1, 0.15) is 22.8 Å². The molecule has 1 N–H and O–H groups in total. The number of aryl methyl sites for hydroxylation is 1. The van der Waals surface area contributed by atoms with Gasteiger partial charge in [0, 0.05) is 5.69 Å². The van der Waals surface area contributed by atoms with E-state index in [1.165, 1.54) is 11.0 Å². The Bertz CT molecular complexity index is 894. The Morgan fingerprint density at radius 1 is 1.22 bits per heavy atom. The third-order valence-corrected chi connectivity index (χ3v) is 4.02. The fraction of sp³-hybridized carbons (Fsp3) is 0.250. The third kappa shape index (κ3) is 4.25. The molecule has 0 unspecified atom stereocenters. The van der Waals surface area contributed by atoms with Crippen molar-refractivity contribution in [2.45, 2.75) is 13.8 Å². The van der Waals surface area contributed by atoms with Gasteiger partial charge in [-0.3, -0.25) is 14.5 Å². The topological polar surface area (TPSA) is 84.9 Å². The number of carbonyl (C=O) groups is 3. The molecule has 1 aliphatic heterocycles. The largest absolute Gasteiger partial charge is 0.482 e. The van der Waals surface area contributed by atoms with E-state index in [-0.39, 0.29) is 31.6 Å². The summed E-state index contributed by atoms with van der Waals surface area (Å²) >= 11 is 0. The van der Waals surface area contributed by atoms with Crippen LogP contribution in [0, 0.1) is 6.92 Å². The van der Waals surface area contributed by atoms with Gasteiger partial charge in [-0.25, -0.2) is 4.79 Å². The van der Waals surface area contributed by atoms with Crippen molar-refractivity contribution in [3.05, 3.63) is 53.6 Å². The van der Waals surface area contributed by atoms with Crippen LogP contribution in [-0.4, -0.2) is 37.5 Å². The molecule has 3 rings (SSSR count). The molecule has 0 aromatic heterocycles. The normalized spacial score (nSPS) is 12.8. The van der Waals surface area contributed by atoms with Gasteiger partial charge in [0.2, 0.25) is 5.91 Å². The molecule has 0 fully saturated rings. The molecule has 7 nitrogen and oxygen atoms in total. The Morgan fingerprint density at radius 2 is 2.04 bits per heavy atom. The number of nitrogens with one attached hydrogen (secondary N) is 1. The van der Waals surface area contributed by atoms with Gasteiger partial charge < -0.3 is 14.8 Å². The highest BCUT2D eigenvalue weighted by molar-refractivity contribution is 6.05. The van der Waals surface area contributed by atoms with Crippen molar-refractivity contribution < 1.29 is 23.9 Å². The number of benzene rings is 2. The van der Waals surface area contributed by atoms with Gasteiger partial charge in [0.1, 0.15) is 12.3 Å². The van der Waals surface area contributed by atoms with E-state index in [0.29, 0.717) is 22.7 Å². The van der Waals surface area contributed by atoms with Gasteiger partial charge in [-0.05, 0) is 49.7 Å². The van der Waals surface area contributed by atoms with Crippen LogP contribution in [-0.2, 0) is 14.3 Å². The van der Waals surface area contributed by atoms with Crippen LogP contribution in [0.4, 0.5) is 11.4 Å². The lowest BCUT2D eigenvalue weighted by Crippen LogP contribution is -2.43. The first-order valence-electron chi connectivity index (χ1n) is 8.59. The van der Waals surface area contributed by atoms with Gasteiger partial charge in [0.05, 0.1) is 17.9 Å². The molecule has 2 aromatic rings. The maximum atomic E-state index is 12.5. The van der Waals surface area contributed by atoms with Crippen LogP contribution in [0.25, 0.3) is 0 Å². The predicted octanol–water partition coefficient (Wildman–Crippen LogP) is 2.54. The van der Waals surface area contributed by atoms with Gasteiger partial charge in [0.15, 0.2) is 6.61 Å². The van der Waals surface area contributed by atoms with Crippen LogP contribution in [0.5, 0.6) is 5.75 Å². The third-order valence-electron chi connectivity index (χ3n) is 4.02. The summed E-state index contributed by atoms with van der Waals surface area (Å²) in [7, 11) is 0. The number of rotatable bonds is 5. The first kappa shape index (κ1) is 18.4. The minimum absolute atomic E-state index is 0.109. The highest BCUT2D eigenvalue weighted by Crippen LogP contribution is 2.32. The van der Waals surface area contributed by atoms with Crippen LogP contribution < -0.4 is 15.0 Å². The summed E-state index contributed by atoms with van der Waals surface area (Å²) in [6.07, 6.45) is 0. The number of nitrogens with zero attached hydrogens (tertiary/aromatic N) is 1. The van der Waals surface area contributed by atoms with E-state index < -0.39 is 5.97 Å². The molecule has 0 spiro atoms. The highest BCUT2D eigenvalue weighted by Gasteiger charge is 2.27. The van der Waals surface area contributed by atoms with Crippen molar-refractivity contribution >= 4 is 29.2 Å². The molecular formula is C20H20N2O5. The second-order valence-corrected chi connectivity index (χ2v) is 6.09. The molecule has 0 radical (unpaired) electrons. The molecule has 1 heterocycles. The molecule has 2 amide bonds. The fourth-order valence-corrected chi connectivity index (χ4v) is 2.77. The van der Waals surface area contributed by atoms with Crippen molar-refractivity contribution in [2.24, 2.45) is 0 Å². The molecule has 2 aromatic carbocycles. The van der Waals surface area contributed by atoms with E-state index >= 15 is 0 Å². The molecule has 0 aliphatic carbocycles. The van der Waals surface area contributed by atoms with E-state index in [0.717, 1.165) is 5.56 Å². The van der Waals surface area contributed by atoms with Gasteiger partial charge in [0.25, 0.3) is 5.91 Å². The number of amides is 2. The maximum absolute atomic E-state index is 12.5. The number of esters is 1. The zero-order valence-electron chi connectivity index (χ0n) is 15.2. The lowest BCUT2D eigenvalue weighted by molar-refractivity contribution is -0.123. The Balaban J connectivity index is 1.73. The van der Waals surface area contributed by atoms with Crippen molar-refractivity contribution in [3.8, 4) is 5.75 Å². The number of ether oxygens (including phenoxy) is 2. The zero-order valence-corrected chi connectivity index (χ0v) is 15.2. The van der Waals surface area contributed by atoms with Crippen LogP contribution in [0.3, 0.4) is 0 Å². The second kappa shape index (κ2) is 7.90. The average molecular weight is 368 g/mol. The van der Waals surface area contributed by atoms with E-state index in [4.69, 9.17) is 9.47 Å². The van der Waals surface area contributed by atoms with E-state index in [1.807, 2.05) is 13.0 Å². The number of hydrogen-bond donors (Lipinski definition) is 1. The average Bonchev–Trinajstić information content (AvgIpc) is 2.64. The molecule has 0 saturated carbocycles. The lowest BCUT2D eigenvalue weighted by atomic mass is 10.1. The summed E-state index contributed by atoms with van der Waals surface area (Å²) in [6, 6.07) is 11.9.